The minimum atomic E-state index is -0.911. The molecule has 0 aliphatic rings. The van der Waals surface area contributed by atoms with Gasteiger partial charge in [-0.15, -0.1) is 0 Å². The standard InChI is InChI=1S/C9H15NO4/c1-5-10-9(12)14-7(4)13-8(11)6(2)3/h7H,2,5H2,1,3-4H3,(H,10,12). The molecule has 0 heterocycles. The van der Waals surface area contributed by atoms with Crippen molar-refractivity contribution in [1.29, 1.82) is 0 Å². The van der Waals surface area contributed by atoms with E-state index in [2.05, 4.69) is 16.6 Å². The third-order valence-corrected chi connectivity index (χ3v) is 1.22. The molecule has 0 rings (SSSR count). The van der Waals surface area contributed by atoms with Gasteiger partial charge < -0.3 is 14.8 Å². The van der Waals surface area contributed by atoms with Gasteiger partial charge >= 0.3 is 12.1 Å². The second-order valence-corrected chi connectivity index (χ2v) is 2.69. The number of nitrogens with one attached hydrogen (secondary N) is 1. The molecule has 1 N–H and O–H groups in total. The van der Waals surface area contributed by atoms with Gasteiger partial charge in [-0.2, -0.15) is 0 Å². The second kappa shape index (κ2) is 6.01. The zero-order chi connectivity index (χ0) is 11.1. The molecular weight excluding hydrogens is 186 g/mol. The van der Waals surface area contributed by atoms with E-state index in [1.165, 1.54) is 13.8 Å². The van der Waals surface area contributed by atoms with Gasteiger partial charge in [0.15, 0.2) is 0 Å². The first-order chi connectivity index (χ1) is 6.47. The maximum Gasteiger partial charge on any atom is 0.410 e. The van der Waals surface area contributed by atoms with Gasteiger partial charge in [-0.1, -0.05) is 6.58 Å². The van der Waals surface area contributed by atoms with Crippen LogP contribution in [0.2, 0.25) is 0 Å². The van der Waals surface area contributed by atoms with Crippen LogP contribution in [0.3, 0.4) is 0 Å². The van der Waals surface area contributed by atoms with Gasteiger partial charge in [0.05, 0.1) is 0 Å². The van der Waals surface area contributed by atoms with Crippen LogP contribution in [0, 0.1) is 0 Å². The molecule has 0 radical (unpaired) electrons. The van der Waals surface area contributed by atoms with Crippen molar-refractivity contribution in [1.82, 2.24) is 5.32 Å². The summed E-state index contributed by atoms with van der Waals surface area (Å²) in [5, 5.41) is 2.40. The number of amides is 1. The number of rotatable bonds is 4. The molecular formula is C9H15NO4. The lowest BCUT2D eigenvalue weighted by Gasteiger charge is -2.13. The van der Waals surface area contributed by atoms with Gasteiger partial charge in [-0.05, 0) is 13.8 Å². The summed E-state index contributed by atoms with van der Waals surface area (Å²) < 4.78 is 9.38. The van der Waals surface area contributed by atoms with Gasteiger partial charge in [0, 0.05) is 19.0 Å². The number of carbonyl (C=O) groups excluding carboxylic acids is 2. The van der Waals surface area contributed by atoms with Crippen molar-refractivity contribution in [3.05, 3.63) is 12.2 Å². The Kier molecular flexibility index (Phi) is 5.36. The highest BCUT2D eigenvalue weighted by Crippen LogP contribution is 1.99. The smallest absolute Gasteiger partial charge is 0.410 e. The number of ether oxygens (including phenoxy) is 2. The Morgan fingerprint density at radius 3 is 2.43 bits per heavy atom. The van der Waals surface area contributed by atoms with Crippen LogP contribution in [0.4, 0.5) is 4.79 Å². The lowest BCUT2D eigenvalue weighted by molar-refractivity contribution is -0.159. The van der Waals surface area contributed by atoms with Crippen molar-refractivity contribution >= 4 is 12.1 Å². The van der Waals surface area contributed by atoms with Gasteiger partial charge in [0.1, 0.15) is 0 Å². The number of esters is 1. The first-order valence-corrected chi connectivity index (χ1v) is 4.28. The molecule has 1 amide bonds. The minimum Gasteiger partial charge on any atom is -0.422 e. The van der Waals surface area contributed by atoms with E-state index in [-0.39, 0.29) is 5.57 Å². The van der Waals surface area contributed by atoms with Crippen molar-refractivity contribution in [2.24, 2.45) is 0 Å². The third kappa shape index (κ3) is 5.18. The van der Waals surface area contributed by atoms with E-state index in [0.717, 1.165) is 0 Å². The summed E-state index contributed by atoms with van der Waals surface area (Å²) >= 11 is 0. The average molecular weight is 201 g/mol. The summed E-state index contributed by atoms with van der Waals surface area (Å²) in [6.07, 6.45) is -1.53. The molecule has 0 spiro atoms. The van der Waals surface area contributed by atoms with Crippen LogP contribution in [-0.4, -0.2) is 24.9 Å². The summed E-state index contributed by atoms with van der Waals surface area (Å²) in [4.78, 5) is 21.8. The van der Waals surface area contributed by atoms with Crippen LogP contribution in [0.1, 0.15) is 20.8 Å². The number of hydrogen-bond donors (Lipinski definition) is 1. The summed E-state index contributed by atoms with van der Waals surface area (Å²) in [6, 6.07) is 0. The van der Waals surface area contributed by atoms with Crippen LogP contribution in [0.25, 0.3) is 0 Å². The first kappa shape index (κ1) is 12.5. The molecule has 5 nitrogen and oxygen atoms in total. The molecule has 0 aromatic rings. The van der Waals surface area contributed by atoms with E-state index in [0.29, 0.717) is 6.54 Å². The van der Waals surface area contributed by atoms with Crippen LogP contribution in [-0.2, 0) is 14.3 Å². The monoisotopic (exact) mass is 201 g/mol. The summed E-state index contributed by atoms with van der Waals surface area (Å²) in [5.41, 5.74) is 0.261. The predicted molar refractivity (Wildman–Crippen MR) is 50.5 cm³/mol. The SMILES string of the molecule is C=C(C)C(=O)OC(C)OC(=O)NCC. The van der Waals surface area contributed by atoms with E-state index in [1.807, 2.05) is 0 Å². The molecule has 0 saturated carbocycles. The van der Waals surface area contributed by atoms with Crippen molar-refractivity contribution in [2.45, 2.75) is 27.1 Å². The largest absolute Gasteiger partial charge is 0.422 e. The van der Waals surface area contributed by atoms with Gasteiger partial charge in [0.25, 0.3) is 0 Å². The maximum absolute atomic E-state index is 11.0. The van der Waals surface area contributed by atoms with Gasteiger partial charge in [0.2, 0.25) is 6.29 Å². The Morgan fingerprint density at radius 1 is 1.43 bits per heavy atom. The highest BCUT2D eigenvalue weighted by atomic mass is 16.7. The molecule has 80 valence electrons. The quantitative estimate of drug-likeness (QED) is 0.421. The zero-order valence-corrected chi connectivity index (χ0v) is 8.62. The Bertz CT molecular complexity index is 237. The topological polar surface area (TPSA) is 64.6 Å². The van der Waals surface area contributed by atoms with Gasteiger partial charge in [-0.25, -0.2) is 9.59 Å². The van der Waals surface area contributed by atoms with Gasteiger partial charge in [-0.3, -0.25) is 0 Å². The fraction of sp³-hybridized carbons (Fsp3) is 0.556. The van der Waals surface area contributed by atoms with E-state index >= 15 is 0 Å². The van der Waals surface area contributed by atoms with E-state index in [4.69, 9.17) is 4.74 Å². The first-order valence-electron chi connectivity index (χ1n) is 4.28. The summed E-state index contributed by atoms with van der Waals surface area (Å²) in [7, 11) is 0. The molecule has 0 aromatic carbocycles. The summed E-state index contributed by atoms with van der Waals surface area (Å²) in [5.74, 6) is -0.582. The molecule has 0 saturated heterocycles. The Morgan fingerprint density at radius 2 is 2.00 bits per heavy atom. The number of carbonyl (C=O) groups is 2. The number of hydrogen-bond acceptors (Lipinski definition) is 4. The minimum absolute atomic E-state index is 0.261. The fourth-order valence-electron chi connectivity index (χ4n) is 0.612. The normalized spacial score (nSPS) is 11.4. The van der Waals surface area contributed by atoms with E-state index in [9.17, 15) is 9.59 Å². The zero-order valence-electron chi connectivity index (χ0n) is 8.62. The molecule has 5 heteroatoms. The second-order valence-electron chi connectivity index (χ2n) is 2.69. The maximum atomic E-state index is 11.0. The molecule has 0 aliphatic heterocycles. The fourth-order valence-corrected chi connectivity index (χ4v) is 0.612. The highest BCUT2D eigenvalue weighted by molar-refractivity contribution is 5.87. The molecule has 0 fully saturated rings. The van der Waals surface area contributed by atoms with E-state index in [1.54, 1.807) is 6.92 Å². The Hall–Kier alpha value is -1.52. The van der Waals surface area contributed by atoms with Crippen molar-refractivity contribution < 1.29 is 19.1 Å². The van der Waals surface area contributed by atoms with Crippen LogP contribution in [0.15, 0.2) is 12.2 Å². The predicted octanol–water partition coefficient (Wildman–Crippen LogP) is 1.20. The summed E-state index contributed by atoms with van der Waals surface area (Å²) in [6.45, 7) is 8.58. The van der Waals surface area contributed by atoms with Crippen LogP contribution < -0.4 is 5.32 Å². The molecule has 0 aliphatic carbocycles. The molecule has 0 aromatic heterocycles. The Labute approximate surface area is 83.1 Å². The third-order valence-electron chi connectivity index (χ3n) is 1.22. The lowest BCUT2D eigenvalue weighted by Crippen LogP contribution is -2.29. The Balaban J connectivity index is 3.86. The van der Waals surface area contributed by atoms with Crippen molar-refractivity contribution in [3.8, 4) is 0 Å². The number of alkyl carbamates (subject to hydrolysis) is 1. The molecule has 0 bridgehead atoms. The van der Waals surface area contributed by atoms with Crippen LogP contribution in [0.5, 0.6) is 0 Å². The highest BCUT2D eigenvalue weighted by Gasteiger charge is 2.13. The van der Waals surface area contributed by atoms with E-state index < -0.39 is 18.4 Å². The average Bonchev–Trinajstić information content (AvgIpc) is 2.03. The van der Waals surface area contributed by atoms with Crippen molar-refractivity contribution in [3.63, 3.8) is 0 Å². The molecule has 1 atom stereocenters. The van der Waals surface area contributed by atoms with Crippen molar-refractivity contribution in [2.75, 3.05) is 6.54 Å². The molecule has 1 unspecified atom stereocenters. The lowest BCUT2D eigenvalue weighted by atomic mass is 10.4. The van der Waals surface area contributed by atoms with Crippen LogP contribution >= 0.6 is 0 Å². The molecule has 14 heavy (non-hydrogen) atoms.